The third-order valence-corrected chi connectivity index (χ3v) is 2.65. The van der Waals surface area contributed by atoms with Gasteiger partial charge in [0.2, 0.25) is 0 Å². The van der Waals surface area contributed by atoms with Crippen LogP contribution in [0.2, 0.25) is 0 Å². The summed E-state index contributed by atoms with van der Waals surface area (Å²) >= 11 is 0. The molecular weight excluding hydrogens is 444 g/mol. The molecule has 0 aromatic heterocycles. The van der Waals surface area contributed by atoms with Gasteiger partial charge in [0.1, 0.15) is 11.8 Å². The molecule has 0 saturated heterocycles. The van der Waals surface area contributed by atoms with Crippen LogP contribution in [0.4, 0.5) is 0 Å². The number of hydrogen-bond acceptors (Lipinski definition) is 3. The van der Waals surface area contributed by atoms with Gasteiger partial charge in [0.25, 0.3) is 0 Å². The van der Waals surface area contributed by atoms with E-state index in [1.807, 2.05) is 0 Å². The van der Waals surface area contributed by atoms with Gasteiger partial charge in [0.15, 0.2) is 0 Å². The maximum Gasteiger partial charge on any atom is 0.401 e. The quantitative estimate of drug-likeness (QED) is 0.397. The molecule has 1 unspecified atom stereocenters. The van der Waals surface area contributed by atoms with Gasteiger partial charge in [-0.1, -0.05) is 12.1 Å². The number of hydrogen-bond donors (Lipinski definition) is 5. The Bertz CT molecular complexity index is 445. The summed E-state index contributed by atoms with van der Waals surface area (Å²) < 4.78 is 10.7. The van der Waals surface area contributed by atoms with Crippen molar-refractivity contribution in [3.8, 4) is 5.75 Å². The summed E-state index contributed by atoms with van der Waals surface area (Å²) in [6.07, 6.45) is -0.0965. The third kappa shape index (κ3) is 6.28. The molecule has 0 bridgehead atoms. The van der Waals surface area contributed by atoms with E-state index in [2.05, 4.69) is 0 Å². The number of phenols is 1. The predicted molar refractivity (Wildman–Crippen MR) is 58.4 cm³/mol. The molecule has 104 valence electrons. The van der Waals surface area contributed by atoms with E-state index in [4.69, 9.17) is 20.0 Å². The van der Waals surface area contributed by atoms with Gasteiger partial charge in [-0.25, -0.2) is 9.65 Å². The second-order valence-corrected chi connectivity index (χ2v) is 4.78. The van der Waals surface area contributed by atoms with Crippen molar-refractivity contribution in [1.29, 1.82) is 0 Å². The van der Waals surface area contributed by atoms with E-state index in [0.29, 0.717) is 5.56 Å². The SMILES string of the molecule is O=C(O)C(Cc1ccc(O)cc1)NP(=O)(O)O.[Pt]. The third-order valence-electron chi connectivity index (χ3n) is 2.00. The fraction of sp³-hybridized carbons (Fsp3) is 0.222. The average molecular weight is 456 g/mol. The molecule has 0 spiro atoms. The molecule has 5 N–H and O–H groups in total. The number of aliphatic carboxylic acids is 1. The molecule has 1 atom stereocenters. The Morgan fingerprint density at radius 3 is 2.17 bits per heavy atom. The Balaban J connectivity index is 0.00000289. The van der Waals surface area contributed by atoms with Crippen LogP contribution in [0, 0.1) is 0 Å². The van der Waals surface area contributed by atoms with Crippen molar-refractivity contribution in [2.75, 3.05) is 0 Å². The first-order chi connectivity index (χ1) is 7.78. The summed E-state index contributed by atoms with van der Waals surface area (Å²) in [5, 5.41) is 19.6. The molecule has 1 aromatic rings. The number of carboxylic acid groups (broad SMARTS) is 1. The largest absolute Gasteiger partial charge is 0.508 e. The van der Waals surface area contributed by atoms with E-state index in [1.165, 1.54) is 24.3 Å². The molecule has 0 aliphatic rings. The van der Waals surface area contributed by atoms with Gasteiger partial charge in [-0.2, -0.15) is 0 Å². The van der Waals surface area contributed by atoms with Crippen LogP contribution in [-0.2, 0) is 36.8 Å². The summed E-state index contributed by atoms with van der Waals surface area (Å²) in [5.74, 6) is -1.33. The predicted octanol–water partition coefficient (Wildman–Crippen LogP) is 0.0677. The van der Waals surface area contributed by atoms with Crippen LogP contribution in [0.25, 0.3) is 0 Å². The Morgan fingerprint density at radius 1 is 1.28 bits per heavy atom. The molecular formula is C9H12NO6PPt. The van der Waals surface area contributed by atoms with Crippen molar-refractivity contribution in [1.82, 2.24) is 5.09 Å². The van der Waals surface area contributed by atoms with Crippen molar-refractivity contribution in [2.24, 2.45) is 0 Å². The number of phenolic OH excluding ortho intramolecular Hbond substituents is 1. The molecule has 1 aromatic carbocycles. The molecule has 7 nitrogen and oxygen atoms in total. The molecule has 18 heavy (non-hydrogen) atoms. The summed E-state index contributed by atoms with van der Waals surface area (Å²) in [4.78, 5) is 28.1. The number of carboxylic acids is 1. The van der Waals surface area contributed by atoms with Crippen molar-refractivity contribution in [2.45, 2.75) is 12.5 Å². The minimum Gasteiger partial charge on any atom is -0.508 e. The Morgan fingerprint density at radius 2 is 1.78 bits per heavy atom. The van der Waals surface area contributed by atoms with Gasteiger partial charge >= 0.3 is 13.7 Å². The molecule has 0 fully saturated rings. The molecule has 0 saturated carbocycles. The first-order valence-corrected chi connectivity index (χ1v) is 6.23. The number of nitrogens with one attached hydrogen (secondary N) is 1. The van der Waals surface area contributed by atoms with Crippen molar-refractivity contribution in [3.05, 3.63) is 29.8 Å². The van der Waals surface area contributed by atoms with Crippen molar-refractivity contribution in [3.63, 3.8) is 0 Å². The smallest absolute Gasteiger partial charge is 0.401 e. The number of benzene rings is 1. The Labute approximate surface area is 117 Å². The zero-order valence-corrected chi connectivity index (χ0v) is 12.1. The van der Waals surface area contributed by atoms with E-state index in [-0.39, 0.29) is 33.2 Å². The van der Waals surface area contributed by atoms with Gasteiger partial charge in [-0.15, -0.1) is 0 Å². The monoisotopic (exact) mass is 456 g/mol. The molecule has 0 heterocycles. The number of carbonyl (C=O) groups is 1. The van der Waals surface area contributed by atoms with Crippen molar-refractivity contribution >= 4 is 13.7 Å². The van der Waals surface area contributed by atoms with E-state index in [9.17, 15) is 9.36 Å². The van der Waals surface area contributed by atoms with Crippen LogP contribution < -0.4 is 5.09 Å². The van der Waals surface area contributed by atoms with Gasteiger partial charge in [0.05, 0.1) is 0 Å². The fourth-order valence-corrected chi connectivity index (χ4v) is 1.87. The Hall–Kier alpha value is -0.712. The minimum atomic E-state index is -4.60. The van der Waals surface area contributed by atoms with Gasteiger partial charge in [-0.05, 0) is 24.1 Å². The van der Waals surface area contributed by atoms with E-state index in [0.717, 1.165) is 0 Å². The van der Waals surface area contributed by atoms with Crippen molar-refractivity contribution < 1.29 is 50.4 Å². The zero-order chi connectivity index (χ0) is 13.1. The molecule has 1 rings (SSSR count). The van der Waals surface area contributed by atoms with Gasteiger partial charge in [0, 0.05) is 21.1 Å². The van der Waals surface area contributed by atoms with Crippen LogP contribution >= 0.6 is 7.75 Å². The minimum absolute atomic E-state index is 0. The van der Waals surface area contributed by atoms with Crippen LogP contribution in [0.1, 0.15) is 5.56 Å². The van der Waals surface area contributed by atoms with E-state index >= 15 is 0 Å². The number of rotatable bonds is 5. The standard InChI is InChI=1S/C9H12NO6P.Pt/c11-7-3-1-6(2-4-7)5-8(9(12)13)10-17(14,15)16;/h1-4,8,11H,5H2,(H,12,13)(H3,10,14,15,16);. The summed E-state index contributed by atoms with van der Waals surface area (Å²) in [7, 11) is -4.60. The first kappa shape index (κ1) is 17.3. The zero-order valence-electron chi connectivity index (χ0n) is 8.96. The van der Waals surface area contributed by atoms with Crippen LogP contribution in [0.3, 0.4) is 0 Å². The molecule has 0 amide bonds. The second-order valence-electron chi connectivity index (χ2n) is 3.43. The maximum absolute atomic E-state index is 10.8. The van der Waals surface area contributed by atoms with Crippen LogP contribution in [0.15, 0.2) is 24.3 Å². The number of aromatic hydroxyl groups is 1. The summed E-state index contributed by atoms with van der Waals surface area (Å²) in [6, 6.07) is 4.30. The second kappa shape index (κ2) is 7.02. The van der Waals surface area contributed by atoms with Gasteiger partial charge in [-0.3, -0.25) is 4.79 Å². The topological polar surface area (TPSA) is 127 Å². The summed E-state index contributed by atoms with van der Waals surface area (Å²) in [5.41, 5.74) is 0.538. The molecule has 0 aliphatic heterocycles. The molecule has 0 aliphatic carbocycles. The van der Waals surface area contributed by atoms with E-state index in [1.54, 1.807) is 5.09 Å². The summed E-state index contributed by atoms with van der Waals surface area (Å²) in [6.45, 7) is 0. The molecule has 0 radical (unpaired) electrons. The Kier molecular flexibility index (Phi) is 6.74. The molecule has 9 heteroatoms. The van der Waals surface area contributed by atoms with Crippen LogP contribution in [0.5, 0.6) is 5.75 Å². The maximum atomic E-state index is 10.8. The normalized spacial score (nSPS) is 12.6. The van der Waals surface area contributed by atoms with Crippen LogP contribution in [-0.4, -0.2) is 32.0 Å². The first-order valence-electron chi connectivity index (χ1n) is 4.62. The fourth-order valence-electron chi connectivity index (χ4n) is 1.26. The average Bonchev–Trinajstić information content (AvgIpc) is 2.18. The van der Waals surface area contributed by atoms with Gasteiger partial charge < -0.3 is 20.0 Å². The van der Waals surface area contributed by atoms with E-state index < -0.39 is 19.8 Å².